The Labute approximate surface area is 293 Å². The molecule has 1 aromatic carbocycles. The van der Waals surface area contributed by atoms with Gasteiger partial charge in [-0.15, -0.1) is 6.58 Å². The molecular formula is C39H59N3O7. The van der Waals surface area contributed by atoms with Crippen molar-refractivity contribution in [2.45, 2.75) is 96.3 Å². The van der Waals surface area contributed by atoms with Gasteiger partial charge in [0.1, 0.15) is 30.8 Å². The van der Waals surface area contributed by atoms with Crippen molar-refractivity contribution in [1.82, 2.24) is 10.2 Å². The number of aliphatic hydroxyl groups is 2. The van der Waals surface area contributed by atoms with E-state index in [1.54, 1.807) is 12.2 Å². The average molecular weight is 682 g/mol. The van der Waals surface area contributed by atoms with Crippen LogP contribution in [0.2, 0.25) is 0 Å². The topological polar surface area (TPSA) is 122 Å². The molecule has 6 unspecified atom stereocenters. The molecule has 3 N–H and O–H groups in total. The summed E-state index contributed by atoms with van der Waals surface area (Å²) in [5.74, 6) is 0.0880. The highest BCUT2D eigenvalue weighted by molar-refractivity contribution is 6.03. The van der Waals surface area contributed by atoms with Gasteiger partial charge in [0.2, 0.25) is 5.79 Å². The molecule has 3 aliphatic rings. The number of amides is 2. The molecule has 0 saturated heterocycles. The number of oxime groups is 1. The van der Waals surface area contributed by atoms with E-state index in [0.29, 0.717) is 44.9 Å². The Kier molecular flexibility index (Phi) is 15.0. The molecule has 1 fully saturated rings. The first kappa shape index (κ1) is 38.5. The minimum atomic E-state index is -1.25. The number of benzene rings is 1. The zero-order chi connectivity index (χ0) is 35.2. The Bertz CT molecular complexity index is 1300. The smallest absolute Gasteiger partial charge is 0.317 e. The Morgan fingerprint density at radius 3 is 2.51 bits per heavy atom. The van der Waals surface area contributed by atoms with Crippen LogP contribution in [0.5, 0.6) is 11.5 Å². The third kappa shape index (κ3) is 8.70. The van der Waals surface area contributed by atoms with Gasteiger partial charge in [0.25, 0.3) is 0 Å². The predicted octanol–water partition coefficient (Wildman–Crippen LogP) is 6.74. The minimum Gasteiger partial charge on any atom is -0.490 e. The monoisotopic (exact) mass is 681 g/mol. The van der Waals surface area contributed by atoms with Crippen LogP contribution in [0.1, 0.15) is 90.0 Å². The van der Waals surface area contributed by atoms with Crippen LogP contribution < -0.4 is 14.8 Å². The molecule has 10 nitrogen and oxygen atoms in total. The highest BCUT2D eigenvalue weighted by atomic mass is 16.7. The molecule has 0 bridgehead atoms. The standard InChI is InChI=1S/C39H59N3O7/c1-6-19-40-38(45)42(20-7-2)35-27-33(41-48-10-5)31-25-28(15-11-13-21-43)30(16-12-14-22-44)36-32-26-29(46-23-8-3)17-18-34(32)49-39(35,37(31)36)47-24-9-4/h8-9,17-18,25-26,28,30,35-37,43-44H,3-4,6-7,10-16,19-24,27H2,1-2,5H3,(H,40,45). The lowest BCUT2D eigenvalue weighted by atomic mass is 9.55. The summed E-state index contributed by atoms with van der Waals surface area (Å²) in [6.45, 7) is 16.2. The van der Waals surface area contributed by atoms with E-state index in [1.165, 1.54) is 0 Å². The highest BCUT2D eigenvalue weighted by Gasteiger charge is 2.65. The van der Waals surface area contributed by atoms with Crippen LogP contribution in [0.4, 0.5) is 4.79 Å². The molecule has 0 aromatic heterocycles. The number of rotatable bonds is 21. The van der Waals surface area contributed by atoms with Crippen LogP contribution in [0.15, 0.2) is 60.3 Å². The SMILES string of the molecule is C=CCOc1ccc2c(c1)C1C(CCCCO)C(CCCCO)C=C3C(=NOCC)CC(N(CCC)C(=O)NCCC)C(OCC=C)(O2)C31. The molecular weight excluding hydrogens is 622 g/mol. The van der Waals surface area contributed by atoms with E-state index in [1.807, 2.05) is 30.9 Å². The fourth-order valence-corrected chi connectivity index (χ4v) is 8.01. The molecule has 1 aromatic rings. The number of urea groups is 1. The van der Waals surface area contributed by atoms with E-state index >= 15 is 0 Å². The maximum Gasteiger partial charge on any atom is 0.317 e. The number of carbonyl (C=O) groups is 1. The predicted molar refractivity (Wildman–Crippen MR) is 193 cm³/mol. The summed E-state index contributed by atoms with van der Waals surface area (Å²) in [7, 11) is 0. The zero-order valence-electron chi connectivity index (χ0n) is 29.9. The number of aliphatic hydroxyl groups excluding tert-OH is 2. The lowest BCUT2D eigenvalue weighted by Gasteiger charge is -2.60. The number of nitrogens with zero attached hydrogens (tertiary/aromatic N) is 2. The molecule has 6 atom stereocenters. The van der Waals surface area contributed by atoms with Crippen LogP contribution >= 0.6 is 0 Å². The van der Waals surface area contributed by atoms with Crippen molar-refractivity contribution in [3.8, 4) is 11.5 Å². The number of carbonyl (C=O) groups excluding carboxylic acids is 1. The van der Waals surface area contributed by atoms with E-state index in [2.05, 4.69) is 37.5 Å². The largest absolute Gasteiger partial charge is 0.490 e. The first-order valence-corrected chi connectivity index (χ1v) is 18.4. The van der Waals surface area contributed by atoms with Crippen LogP contribution in [0.25, 0.3) is 0 Å². The van der Waals surface area contributed by atoms with Gasteiger partial charge < -0.3 is 39.5 Å². The average Bonchev–Trinajstić information content (AvgIpc) is 3.11. The van der Waals surface area contributed by atoms with Gasteiger partial charge in [-0.3, -0.25) is 0 Å². The fraction of sp³-hybridized carbons (Fsp3) is 0.641. The van der Waals surface area contributed by atoms with Crippen molar-refractivity contribution < 1.29 is 34.1 Å². The third-order valence-electron chi connectivity index (χ3n) is 9.94. The van der Waals surface area contributed by atoms with Crippen molar-refractivity contribution in [3.63, 3.8) is 0 Å². The number of hydrogen-bond donors (Lipinski definition) is 3. The number of unbranched alkanes of at least 4 members (excludes halogenated alkanes) is 2. The summed E-state index contributed by atoms with van der Waals surface area (Å²) in [5.41, 5.74) is 2.86. The van der Waals surface area contributed by atoms with Gasteiger partial charge >= 0.3 is 6.03 Å². The number of nitrogens with one attached hydrogen (secondary N) is 1. The summed E-state index contributed by atoms with van der Waals surface area (Å²) in [5, 5.41) is 27.4. The lowest BCUT2D eigenvalue weighted by Crippen LogP contribution is -2.70. The second-order valence-electron chi connectivity index (χ2n) is 13.2. The summed E-state index contributed by atoms with van der Waals surface area (Å²) >= 11 is 0. The molecule has 1 saturated carbocycles. The molecule has 49 heavy (non-hydrogen) atoms. The number of allylic oxidation sites excluding steroid dienone is 1. The lowest BCUT2D eigenvalue weighted by molar-refractivity contribution is -0.254. The van der Waals surface area contributed by atoms with Crippen LogP contribution in [-0.2, 0) is 9.57 Å². The Balaban J connectivity index is 2.03. The molecule has 2 aliphatic carbocycles. The van der Waals surface area contributed by atoms with Crippen molar-refractivity contribution in [2.24, 2.45) is 22.9 Å². The molecule has 4 rings (SSSR count). The van der Waals surface area contributed by atoms with Crippen LogP contribution in [-0.4, -0.2) is 84.8 Å². The summed E-state index contributed by atoms with van der Waals surface area (Å²) in [6.07, 6.45) is 12.7. The molecule has 0 spiro atoms. The summed E-state index contributed by atoms with van der Waals surface area (Å²) in [6, 6.07) is 5.29. The third-order valence-corrected chi connectivity index (χ3v) is 9.94. The summed E-state index contributed by atoms with van der Waals surface area (Å²) < 4.78 is 20.2. The first-order chi connectivity index (χ1) is 23.9. The Morgan fingerprint density at radius 1 is 1.08 bits per heavy atom. The molecule has 1 heterocycles. The first-order valence-electron chi connectivity index (χ1n) is 18.4. The van der Waals surface area contributed by atoms with Crippen molar-refractivity contribution >= 4 is 11.7 Å². The fourth-order valence-electron chi connectivity index (χ4n) is 8.01. The Morgan fingerprint density at radius 2 is 1.84 bits per heavy atom. The number of ether oxygens (including phenoxy) is 3. The van der Waals surface area contributed by atoms with Gasteiger partial charge in [0.05, 0.1) is 18.2 Å². The van der Waals surface area contributed by atoms with E-state index in [4.69, 9.17) is 24.2 Å². The maximum atomic E-state index is 14.0. The van der Waals surface area contributed by atoms with Crippen molar-refractivity contribution in [3.05, 3.63) is 60.7 Å². The normalized spacial score (nSPS) is 26.1. The van der Waals surface area contributed by atoms with Crippen LogP contribution in [0.3, 0.4) is 0 Å². The van der Waals surface area contributed by atoms with Gasteiger partial charge in [-0.1, -0.05) is 56.7 Å². The molecule has 272 valence electrons. The van der Waals surface area contributed by atoms with Gasteiger partial charge in [0, 0.05) is 44.2 Å². The minimum absolute atomic E-state index is 0.0875. The second-order valence-corrected chi connectivity index (χ2v) is 13.2. The molecule has 2 amide bonds. The van der Waals surface area contributed by atoms with E-state index in [0.717, 1.165) is 67.5 Å². The van der Waals surface area contributed by atoms with Gasteiger partial charge in [-0.05, 0) is 81.1 Å². The number of hydrogen-bond acceptors (Lipinski definition) is 8. The van der Waals surface area contributed by atoms with E-state index in [9.17, 15) is 15.0 Å². The second kappa shape index (κ2) is 19.2. The molecule has 0 radical (unpaired) electrons. The van der Waals surface area contributed by atoms with Crippen molar-refractivity contribution in [2.75, 3.05) is 46.1 Å². The molecule has 10 heteroatoms. The zero-order valence-corrected chi connectivity index (χ0v) is 29.9. The van der Waals surface area contributed by atoms with Gasteiger partial charge in [0.15, 0.2) is 0 Å². The maximum absolute atomic E-state index is 14.0. The van der Waals surface area contributed by atoms with E-state index < -0.39 is 11.8 Å². The number of fused-ring (bicyclic) bond motifs is 2. The highest BCUT2D eigenvalue weighted by Crippen LogP contribution is 2.61. The Hall–Kier alpha value is -3.34. The summed E-state index contributed by atoms with van der Waals surface area (Å²) in [4.78, 5) is 21.7. The molecule has 1 aliphatic heterocycles. The van der Waals surface area contributed by atoms with Gasteiger partial charge in [-0.25, -0.2) is 4.79 Å². The van der Waals surface area contributed by atoms with Crippen molar-refractivity contribution in [1.29, 1.82) is 0 Å². The van der Waals surface area contributed by atoms with Gasteiger partial charge in [-0.2, -0.15) is 0 Å². The quantitative estimate of drug-likeness (QED) is 0.0747. The van der Waals surface area contributed by atoms with E-state index in [-0.39, 0.29) is 49.5 Å². The van der Waals surface area contributed by atoms with Crippen LogP contribution in [0, 0.1) is 17.8 Å².